The summed E-state index contributed by atoms with van der Waals surface area (Å²) in [7, 11) is 0. The van der Waals surface area contributed by atoms with Crippen LogP contribution in [0.1, 0.15) is 64.7 Å². The lowest BCUT2D eigenvalue weighted by atomic mass is 9.97. The fraction of sp³-hybridized carbons (Fsp3) is 0.882. The smallest absolute Gasteiger partial charge is 0.243 e. The van der Waals surface area contributed by atoms with E-state index in [9.17, 15) is 9.59 Å². The number of amides is 2. The minimum Gasteiger partial charge on any atom is -0.351 e. The van der Waals surface area contributed by atoms with E-state index in [0.717, 1.165) is 45.1 Å². The Balaban J connectivity index is 1.58. The molecule has 0 aromatic heterocycles. The summed E-state index contributed by atoms with van der Waals surface area (Å²) in [5.74, 6) is 0.225. The maximum absolute atomic E-state index is 12.7. The van der Waals surface area contributed by atoms with Gasteiger partial charge in [-0.1, -0.05) is 6.92 Å². The average Bonchev–Trinajstić information content (AvgIpc) is 2.86. The lowest BCUT2D eigenvalue weighted by Crippen LogP contribution is -2.56. The van der Waals surface area contributed by atoms with Crippen molar-refractivity contribution in [2.24, 2.45) is 0 Å². The highest BCUT2D eigenvalue weighted by atomic mass is 16.2. The molecule has 3 aliphatic rings. The van der Waals surface area contributed by atoms with E-state index in [4.69, 9.17) is 0 Å². The Kier molecular flexibility index (Phi) is 5.01. The van der Waals surface area contributed by atoms with Crippen molar-refractivity contribution >= 4 is 11.8 Å². The number of rotatable bonds is 4. The third kappa shape index (κ3) is 3.45. The van der Waals surface area contributed by atoms with Gasteiger partial charge in [-0.25, -0.2) is 0 Å². The number of nitrogens with one attached hydrogen (secondary N) is 2. The molecule has 2 N–H and O–H groups in total. The largest absolute Gasteiger partial charge is 0.351 e. The van der Waals surface area contributed by atoms with Gasteiger partial charge in [0.1, 0.15) is 6.04 Å². The highest BCUT2D eigenvalue weighted by Gasteiger charge is 2.37. The molecule has 0 aromatic carbocycles. The van der Waals surface area contributed by atoms with E-state index in [1.54, 1.807) is 0 Å². The van der Waals surface area contributed by atoms with Crippen LogP contribution in [-0.4, -0.2) is 47.4 Å². The molecular formula is C17H29N3O2. The van der Waals surface area contributed by atoms with E-state index in [0.29, 0.717) is 18.5 Å². The van der Waals surface area contributed by atoms with Crippen molar-refractivity contribution in [2.75, 3.05) is 6.54 Å². The Morgan fingerprint density at radius 2 is 1.86 bits per heavy atom. The first-order chi connectivity index (χ1) is 10.7. The average molecular weight is 307 g/mol. The van der Waals surface area contributed by atoms with Gasteiger partial charge in [-0.2, -0.15) is 0 Å². The molecule has 3 saturated heterocycles. The van der Waals surface area contributed by atoms with Crippen LogP contribution in [0, 0.1) is 0 Å². The summed E-state index contributed by atoms with van der Waals surface area (Å²) in [5, 5.41) is 6.84. The molecule has 0 aliphatic carbocycles. The maximum Gasteiger partial charge on any atom is 0.243 e. The van der Waals surface area contributed by atoms with E-state index in [-0.39, 0.29) is 23.9 Å². The molecule has 0 saturated carbocycles. The van der Waals surface area contributed by atoms with Gasteiger partial charge in [-0.15, -0.1) is 0 Å². The second-order valence-corrected chi connectivity index (χ2v) is 7.16. The Morgan fingerprint density at radius 1 is 1.14 bits per heavy atom. The van der Waals surface area contributed by atoms with Gasteiger partial charge in [0.2, 0.25) is 11.8 Å². The van der Waals surface area contributed by atoms with Crippen molar-refractivity contribution < 1.29 is 9.59 Å². The van der Waals surface area contributed by atoms with Crippen LogP contribution in [0.3, 0.4) is 0 Å². The van der Waals surface area contributed by atoms with Crippen molar-refractivity contribution in [3.63, 3.8) is 0 Å². The van der Waals surface area contributed by atoms with Crippen LogP contribution >= 0.6 is 0 Å². The molecule has 0 spiro atoms. The van der Waals surface area contributed by atoms with Crippen molar-refractivity contribution in [1.82, 2.24) is 15.5 Å². The first kappa shape index (κ1) is 15.8. The van der Waals surface area contributed by atoms with Crippen LogP contribution in [0.15, 0.2) is 0 Å². The standard InChI is InChI=1S/C17H29N3O2/c1-2-5-16(21)20-9-4-3-6-15(20)17(22)19-14-10-12-7-8-13(11-14)18-12/h12-15,18H,2-11H2,1H3,(H,19,22). The summed E-state index contributed by atoms with van der Waals surface area (Å²) < 4.78 is 0. The van der Waals surface area contributed by atoms with Gasteiger partial charge >= 0.3 is 0 Å². The lowest BCUT2D eigenvalue weighted by molar-refractivity contribution is -0.142. The van der Waals surface area contributed by atoms with Gasteiger partial charge in [0.25, 0.3) is 0 Å². The third-order valence-electron chi connectivity index (χ3n) is 5.41. The number of carbonyl (C=O) groups excluding carboxylic acids is 2. The Hall–Kier alpha value is -1.10. The topological polar surface area (TPSA) is 61.4 Å². The molecule has 2 bridgehead atoms. The van der Waals surface area contributed by atoms with Gasteiger partial charge in [0, 0.05) is 31.1 Å². The van der Waals surface area contributed by atoms with Gasteiger partial charge in [0.15, 0.2) is 0 Å². The number of likely N-dealkylation sites (tertiary alicyclic amines) is 1. The molecule has 3 fully saturated rings. The number of carbonyl (C=O) groups is 2. The van der Waals surface area contributed by atoms with Crippen LogP contribution in [0.25, 0.3) is 0 Å². The number of nitrogens with zero attached hydrogens (tertiary/aromatic N) is 1. The first-order valence-corrected chi connectivity index (χ1v) is 9.03. The molecule has 3 atom stereocenters. The molecule has 22 heavy (non-hydrogen) atoms. The summed E-state index contributed by atoms with van der Waals surface area (Å²) >= 11 is 0. The first-order valence-electron chi connectivity index (χ1n) is 9.03. The Morgan fingerprint density at radius 3 is 2.55 bits per heavy atom. The number of piperidine rings is 2. The van der Waals surface area contributed by atoms with Gasteiger partial charge in [-0.3, -0.25) is 9.59 Å². The molecule has 0 radical (unpaired) electrons. The van der Waals surface area contributed by atoms with Crippen LogP contribution in [0.2, 0.25) is 0 Å². The van der Waals surface area contributed by atoms with E-state index < -0.39 is 0 Å². The Labute approximate surface area is 133 Å². The fourth-order valence-electron chi connectivity index (χ4n) is 4.33. The molecule has 2 amide bonds. The predicted octanol–water partition coefficient (Wildman–Crippen LogP) is 1.57. The SMILES string of the molecule is CCCC(=O)N1CCCCC1C(=O)NC1CC2CCC(C1)N2. The van der Waals surface area contributed by atoms with E-state index in [1.807, 2.05) is 11.8 Å². The molecule has 3 heterocycles. The third-order valence-corrected chi connectivity index (χ3v) is 5.41. The van der Waals surface area contributed by atoms with Crippen molar-refractivity contribution in [3.8, 4) is 0 Å². The number of fused-ring (bicyclic) bond motifs is 2. The minimum absolute atomic E-state index is 0.0791. The zero-order chi connectivity index (χ0) is 15.5. The zero-order valence-electron chi connectivity index (χ0n) is 13.6. The quantitative estimate of drug-likeness (QED) is 0.829. The summed E-state index contributed by atoms with van der Waals surface area (Å²) in [6.45, 7) is 2.76. The maximum atomic E-state index is 12.7. The number of hydrogen-bond donors (Lipinski definition) is 2. The van der Waals surface area contributed by atoms with Crippen molar-refractivity contribution in [2.45, 2.75) is 88.9 Å². The molecular weight excluding hydrogens is 278 g/mol. The highest BCUT2D eigenvalue weighted by molar-refractivity contribution is 5.88. The molecule has 3 rings (SSSR count). The lowest BCUT2D eigenvalue weighted by Gasteiger charge is -2.37. The summed E-state index contributed by atoms with van der Waals surface area (Å²) in [4.78, 5) is 26.8. The second-order valence-electron chi connectivity index (χ2n) is 7.16. The molecule has 0 aromatic rings. The van der Waals surface area contributed by atoms with Crippen molar-refractivity contribution in [1.29, 1.82) is 0 Å². The summed E-state index contributed by atoms with van der Waals surface area (Å²) in [6, 6.07) is 1.21. The van der Waals surface area contributed by atoms with Crippen LogP contribution in [0.5, 0.6) is 0 Å². The van der Waals surface area contributed by atoms with Crippen LogP contribution < -0.4 is 10.6 Å². The van der Waals surface area contributed by atoms with Crippen molar-refractivity contribution in [3.05, 3.63) is 0 Å². The van der Waals surface area contributed by atoms with Gasteiger partial charge in [0.05, 0.1) is 0 Å². The highest BCUT2D eigenvalue weighted by Crippen LogP contribution is 2.27. The fourth-order valence-corrected chi connectivity index (χ4v) is 4.33. The van der Waals surface area contributed by atoms with Gasteiger partial charge in [-0.05, 0) is 51.4 Å². The van der Waals surface area contributed by atoms with E-state index >= 15 is 0 Å². The van der Waals surface area contributed by atoms with E-state index in [1.165, 1.54) is 12.8 Å². The molecule has 3 unspecified atom stereocenters. The Bertz CT molecular complexity index is 414. The molecule has 3 aliphatic heterocycles. The zero-order valence-corrected chi connectivity index (χ0v) is 13.6. The molecule has 5 nitrogen and oxygen atoms in total. The molecule has 124 valence electrons. The summed E-state index contributed by atoms with van der Waals surface area (Å²) in [6.07, 6.45) is 8.85. The van der Waals surface area contributed by atoms with Gasteiger partial charge < -0.3 is 15.5 Å². The summed E-state index contributed by atoms with van der Waals surface area (Å²) in [5.41, 5.74) is 0. The minimum atomic E-state index is -0.236. The predicted molar refractivity (Wildman–Crippen MR) is 85.4 cm³/mol. The van der Waals surface area contributed by atoms with Crippen LogP contribution in [0.4, 0.5) is 0 Å². The second kappa shape index (κ2) is 6.99. The normalized spacial score (nSPS) is 34.5. The molecule has 5 heteroatoms. The monoisotopic (exact) mass is 307 g/mol. The van der Waals surface area contributed by atoms with Crippen LogP contribution in [-0.2, 0) is 9.59 Å². The van der Waals surface area contributed by atoms with E-state index in [2.05, 4.69) is 10.6 Å². The number of hydrogen-bond acceptors (Lipinski definition) is 3.